The predicted octanol–water partition coefficient (Wildman–Crippen LogP) is 5.02. The van der Waals surface area contributed by atoms with Crippen LogP contribution in [0.15, 0.2) is 89.7 Å². The highest BCUT2D eigenvalue weighted by atomic mass is 32.1. The minimum atomic E-state index is -0.474. The number of aromatic nitrogens is 4. The quantitative estimate of drug-likeness (QED) is 0.354. The number of benzene rings is 3. The number of hydrogen-bond acceptors (Lipinski definition) is 5. The zero-order valence-electron chi connectivity index (χ0n) is 18.0. The Morgan fingerprint density at radius 1 is 0.970 bits per heavy atom. The van der Waals surface area contributed by atoms with Crippen LogP contribution in [0.1, 0.15) is 28.0 Å². The molecule has 1 unspecified atom stereocenters. The van der Waals surface area contributed by atoms with E-state index in [-0.39, 0.29) is 12.2 Å². The van der Waals surface area contributed by atoms with Crippen LogP contribution in [0.3, 0.4) is 0 Å². The van der Waals surface area contributed by atoms with Gasteiger partial charge in [0.15, 0.2) is 11.6 Å². The molecule has 7 heteroatoms. The standard InChI is InChI=1S/C26H22N4O2S/c1-17-11-13-19(14-12-17)32-16-23-28-29-26(30(23)18-7-3-2-4-8-18)25(33)21-15-24(31)27-22-10-6-5-9-20(21)22/h2-15,25,33H,16H2,1H3,(H,27,31). The van der Waals surface area contributed by atoms with Crippen LogP contribution in [-0.2, 0) is 6.61 Å². The fourth-order valence-corrected chi connectivity index (χ4v) is 4.22. The van der Waals surface area contributed by atoms with Gasteiger partial charge in [-0.15, -0.1) is 10.2 Å². The van der Waals surface area contributed by atoms with E-state index in [1.165, 1.54) is 5.56 Å². The Labute approximate surface area is 196 Å². The first kappa shape index (κ1) is 21.0. The summed E-state index contributed by atoms with van der Waals surface area (Å²) in [6, 6.07) is 27.0. The van der Waals surface area contributed by atoms with Crippen molar-refractivity contribution in [3.05, 3.63) is 118 Å². The second kappa shape index (κ2) is 8.96. The van der Waals surface area contributed by atoms with Crippen LogP contribution in [0.25, 0.3) is 16.6 Å². The highest BCUT2D eigenvalue weighted by Crippen LogP contribution is 2.33. The Hall–Kier alpha value is -3.84. The van der Waals surface area contributed by atoms with Crippen molar-refractivity contribution in [2.24, 2.45) is 0 Å². The molecule has 0 saturated carbocycles. The van der Waals surface area contributed by atoms with Crippen molar-refractivity contribution < 1.29 is 4.74 Å². The number of hydrogen-bond donors (Lipinski definition) is 2. The van der Waals surface area contributed by atoms with E-state index in [1.54, 1.807) is 6.07 Å². The van der Waals surface area contributed by atoms with Gasteiger partial charge in [-0.25, -0.2) is 0 Å². The lowest BCUT2D eigenvalue weighted by Crippen LogP contribution is -2.13. The summed E-state index contributed by atoms with van der Waals surface area (Å²) in [5.41, 5.74) is 3.41. The van der Waals surface area contributed by atoms with Crippen molar-refractivity contribution in [2.75, 3.05) is 0 Å². The highest BCUT2D eigenvalue weighted by molar-refractivity contribution is 7.80. The molecule has 0 aliphatic rings. The first-order valence-corrected chi connectivity index (χ1v) is 11.1. The summed E-state index contributed by atoms with van der Waals surface area (Å²) in [6.45, 7) is 2.27. The molecule has 0 aliphatic heterocycles. The molecule has 0 saturated heterocycles. The maximum absolute atomic E-state index is 12.3. The van der Waals surface area contributed by atoms with Gasteiger partial charge in [0.05, 0.1) is 5.25 Å². The molecule has 5 rings (SSSR count). The summed E-state index contributed by atoms with van der Waals surface area (Å²) in [5.74, 6) is 2.01. The SMILES string of the molecule is Cc1ccc(OCc2nnc(C(S)c3cc(=O)[nH]c4ccccc34)n2-c2ccccc2)cc1. The molecule has 2 heterocycles. The van der Waals surface area contributed by atoms with Crippen molar-refractivity contribution in [3.8, 4) is 11.4 Å². The smallest absolute Gasteiger partial charge is 0.248 e. The summed E-state index contributed by atoms with van der Waals surface area (Å²) >= 11 is 4.90. The Morgan fingerprint density at radius 3 is 2.48 bits per heavy atom. The molecule has 164 valence electrons. The third-order valence-electron chi connectivity index (χ3n) is 5.48. The Bertz CT molecular complexity index is 1460. The average Bonchev–Trinajstić information content (AvgIpc) is 3.27. The van der Waals surface area contributed by atoms with E-state index in [9.17, 15) is 4.79 Å². The van der Waals surface area contributed by atoms with Crippen molar-refractivity contribution in [1.82, 2.24) is 19.7 Å². The summed E-state index contributed by atoms with van der Waals surface area (Å²) in [4.78, 5) is 15.2. The van der Waals surface area contributed by atoms with Crippen LogP contribution in [0.2, 0.25) is 0 Å². The summed E-state index contributed by atoms with van der Waals surface area (Å²) in [6.07, 6.45) is 0. The van der Waals surface area contributed by atoms with Gasteiger partial charge in [-0.1, -0.05) is 54.1 Å². The van der Waals surface area contributed by atoms with E-state index in [2.05, 4.69) is 15.2 Å². The van der Waals surface area contributed by atoms with Crippen LogP contribution in [0, 0.1) is 6.92 Å². The molecule has 0 bridgehead atoms. The van der Waals surface area contributed by atoms with Crippen molar-refractivity contribution in [3.63, 3.8) is 0 Å². The average molecular weight is 455 g/mol. The molecule has 0 spiro atoms. The van der Waals surface area contributed by atoms with Crippen LogP contribution in [-0.4, -0.2) is 19.7 Å². The molecule has 1 N–H and O–H groups in total. The summed E-state index contributed by atoms with van der Waals surface area (Å²) in [5, 5.41) is 9.34. The lowest BCUT2D eigenvalue weighted by Gasteiger charge is -2.16. The molecule has 0 fully saturated rings. The van der Waals surface area contributed by atoms with E-state index < -0.39 is 5.25 Å². The number of pyridine rings is 1. The van der Waals surface area contributed by atoms with Gasteiger partial charge in [-0.2, -0.15) is 12.6 Å². The van der Waals surface area contributed by atoms with Crippen LogP contribution in [0.5, 0.6) is 5.75 Å². The molecular weight excluding hydrogens is 432 g/mol. The first-order chi connectivity index (χ1) is 16.1. The number of nitrogens with zero attached hydrogens (tertiary/aromatic N) is 3. The molecule has 0 amide bonds. The van der Waals surface area contributed by atoms with Gasteiger partial charge in [0, 0.05) is 22.7 Å². The maximum atomic E-state index is 12.3. The minimum absolute atomic E-state index is 0.184. The molecule has 3 aromatic carbocycles. The summed E-state index contributed by atoms with van der Waals surface area (Å²) in [7, 11) is 0. The fraction of sp³-hybridized carbons (Fsp3) is 0.115. The fourth-order valence-electron chi connectivity index (χ4n) is 3.84. The molecule has 33 heavy (non-hydrogen) atoms. The largest absolute Gasteiger partial charge is 0.486 e. The normalized spacial score (nSPS) is 12.1. The van der Waals surface area contributed by atoms with Gasteiger partial charge in [-0.3, -0.25) is 9.36 Å². The highest BCUT2D eigenvalue weighted by Gasteiger charge is 2.23. The number of thiol groups is 1. The number of rotatable bonds is 6. The van der Waals surface area contributed by atoms with E-state index in [0.29, 0.717) is 11.6 Å². The maximum Gasteiger partial charge on any atom is 0.248 e. The molecular formula is C26H22N4O2S. The van der Waals surface area contributed by atoms with Crippen molar-refractivity contribution in [2.45, 2.75) is 18.8 Å². The second-order valence-electron chi connectivity index (χ2n) is 7.78. The summed E-state index contributed by atoms with van der Waals surface area (Å²) < 4.78 is 7.94. The first-order valence-electron chi connectivity index (χ1n) is 10.6. The number of aromatic amines is 1. The van der Waals surface area contributed by atoms with E-state index in [0.717, 1.165) is 27.9 Å². The third-order valence-corrected chi connectivity index (χ3v) is 5.99. The number of fused-ring (bicyclic) bond motifs is 1. The van der Waals surface area contributed by atoms with Crippen molar-refractivity contribution in [1.29, 1.82) is 0 Å². The Morgan fingerprint density at radius 2 is 1.70 bits per heavy atom. The molecule has 0 radical (unpaired) electrons. The molecule has 2 aromatic heterocycles. The number of nitrogens with one attached hydrogen (secondary N) is 1. The predicted molar refractivity (Wildman–Crippen MR) is 132 cm³/mol. The van der Waals surface area contributed by atoms with Crippen LogP contribution >= 0.6 is 12.6 Å². The Balaban J connectivity index is 1.58. The lowest BCUT2D eigenvalue weighted by molar-refractivity contribution is 0.293. The minimum Gasteiger partial charge on any atom is -0.486 e. The van der Waals surface area contributed by atoms with Gasteiger partial charge in [0.1, 0.15) is 12.4 Å². The number of para-hydroxylation sites is 2. The van der Waals surface area contributed by atoms with Gasteiger partial charge in [0.2, 0.25) is 5.56 Å². The van der Waals surface area contributed by atoms with E-state index >= 15 is 0 Å². The lowest BCUT2D eigenvalue weighted by atomic mass is 10.1. The number of aryl methyl sites for hydroxylation is 1. The van der Waals surface area contributed by atoms with E-state index in [4.69, 9.17) is 17.4 Å². The molecule has 1 atom stereocenters. The number of H-pyrrole nitrogens is 1. The molecule has 0 aliphatic carbocycles. The number of ether oxygens (including phenoxy) is 1. The Kier molecular flexibility index (Phi) is 5.71. The van der Waals surface area contributed by atoms with Crippen LogP contribution < -0.4 is 10.3 Å². The van der Waals surface area contributed by atoms with Gasteiger partial charge < -0.3 is 9.72 Å². The van der Waals surface area contributed by atoms with Crippen LogP contribution in [0.4, 0.5) is 0 Å². The zero-order chi connectivity index (χ0) is 22.8. The molecule has 6 nitrogen and oxygen atoms in total. The molecule has 5 aromatic rings. The zero-order valence-corrected chi connectivity index (χ0v) is 18.9. The van der Waals surface area contributed by atoms with Gasteiger partial charge in [0.25, 0.3) is 0 Å². The topological polar surface area (TPSA) is 72.8 Å². The van der Waals surface area contributed by atoms with Gasteiger partial charge >= 0.3 is 0 Å². The van der Waals surface area contributed by atoms with E-state index in [1.807, 2.05) is 90.4 Å². The second-order valence-corrected chi connectivity index (χ2v) is 8.30. The van der Waals surface area contributed by atoms with Gasteiger partial charge in [-0.05, 0) is 42.8 Å². The monoisotopic (exact) mass is 454 g/mol. The third kappa shape index (κ3) is 4.27. The van der Waals surface area contributed by atoms with Crippen molar-refractivity contribution >= 4 is 23.5 Å².